The molecule has 1 saturated heterocycles. The van der Waals surface area contributed by atoms with Crippen LogP contribution in [0.25, 0.3) is 0 Å². The van der Waals surface area contributed by atoms with Gasteiger partial charge in [0.15, 0.2) is 0 Å². The maximum absolute atomic E-state index is 8.90. The van der Waals surface area contributed by atoms with Gasteiger partial charge in [-0.1, -0.05) is 0 Å². The van der Waals surface area contributed by atoms with Gasteiger partial charge < -0.3 is 10.4 Å². The Bertz CT molecular complexity index is 95.4. The fourth-order valence-electron chi connectivity index (χ4n) is 1.87. The van der Waals surface area contributed by atoms with Gasteiger partial charge in [0.25, 0.3) is 0 Å². The summed E-state index contributed by atoms with van der Waals surface area (Å²) in [6, 6.07) is 1.17. The number of hydrogen-bond acceptors (Lipinski definition) is 2. The van der Waals surface area contributed by atoms with Crippen molar-refractivity contribution in [2.45, 2.75) is 38.8 Å². The first-order chi connectivity index (χ1) is 4.72. The summed E-state index contributed by atoms with van der Waals surface area (Å²) in [5.41, 5.74) is 0. The summed E-state index contributed by atoms with van der Waals surface area (Å²) < 4.78 is 0. The lowest BCUT2D eigenvalue weighted by molar-refractivity contribution is 0.160. The van der Waals surface area contributed by atoms with Gasteiger partial charge in [0, 0.05) is 18.7 Å². The van der Waals surface area contributed by atoms with E-state index in [1.165, 1.54) is 0 Å². The smallest absolute Gasteiger partial charge is 0.0460 e. The summed E-state index contributed by atoms with van der Waals surface area (Å²) in [7, 11) is 0. The first-order valence-corrected chi connectivity index (χ1v) is 4.09. The monoisotopic (exact) mass is 143 g/mol. The topological polar surface area (TPSA) is 32.3 Å². The highest BCUT2D eigenvalue weighted by Crippen LogP contribution is 2.18. The van der Waals surface area contributed by atoms with Gasteiger partial charge in [-0.2, -0.15) is 0 Å². The van der Waals surface area contributed by atoms with E-state index in [2.05, 4.69) is 19.2 Å². The summed E-state index contributed by atoms with van der Waals surface area (Å²) in [4.78, 5) is 0. The first-order valence-electron chi connectivity index (χ1n) is 4.09. The van der Waals surface area contributed by atoms with E-state index in [0.717, 1.165) is 12.8 Å². The van der Waals surface area contributed by atoms with E-state index in [0.29, 0.717) is 24.6 Å². The van der Waals surface area contributed by atoms with Crippen LogP contribution in [-0.2, 0) is 0 Å². The van der Waals surface area contributed by atoms with E-state index in [4.69, 9.17) is 5.11 Å². The minimum Gasteiger partial charge on any atom is -0.396 e. The van der Waals surface area contributed by atoms with Crippen LogP contribution in [0.4, 0.5) is 0 Å². The number of piperidine rings is 1. The van der Waals surface area contributed by atoms with Crippen molar-refractivity contribution in [3.63, 3.8) is 0 Å². The minimum absolute atomic E-state index is 0.358. The molecule has 0 bridgehead atoms. The van der Waals surface area contributed by atoms with Gasteiger partial charge in [0.05, 0.1) is 0 Å². The van der Waals surface area contributed by atoms with Crippen LogP contribution >= 0.6 is 0 Å². The van der Waals surface area contributed by atoms with Gasteiger partial charge in [-0.3, -0.25) is 0 Å². The molecule has 0 aromatic rings. The van der Waals surface area contributed by atoms with Crippen LogP contribution < -0.4 is 5.32 Å². The molecule has 2 heteroatoms. The molecule has 2 N–H and O–H groups in total. The van der Waals surface area contributed by atoms with E-state index >= 15 is 0 Å². The Morgan fingerprint density at radius 2 is 1.80 bits per heavy atom. The van der Waals surface area contributed by atoms with Crippen LogP contribution in [0.2, 0.25) is 0 Å². The highest BCUT2D eigenvalue weighted by molar-refractivity contribution is 4.79. The van der Waals surface area contributed by atoms with Crippen molar-refractivity contribution in [2.75, 3.05) is 6.61 Å². The largest absolute Gasteiger partial charge is 0.396 e. The minimum atomic E-state index is 0.358. The average molecular weight is 143 g/mol. The van der Waals surface area contributed by atoms with Crippen molar-refractivity contribution in [3.8, 4) is 0 Å². The second-order valence-corrected chi connectivity index (χ2v) is 3.49. The lowest BCUT2D eigenvalue weighted by atomic mass is 9.90. The number of aliphatic hydroxyl groups is 1. The molecule has 0 aromatic heterocycles. The van der Waals surface area contributed by atoms with Gasteiger partial charge in [-0.15, -0.1) is 0 Å². The van der Waals surface area contributed by atoms with Crippen LogP contribution in [0.3, 0.4) is 0 Å². The Morgan fingerprint density at radius 1 is 1.30 bits per heavy atom. The van der Waals surface area contributed by atoms with Gasteiger partial charge in [-0.05, 0) is 32.6 Å². The third-order valence-electron chi connectivity index (χ3n) is 2.20. The quantitative estimate of drug-likeness (QED) is 0.568. The van der Waals surface area contributed by atoms with E-state index in [1.54, 1.807) is 0 Å². The molecule has 1 aliphatic heterocycles. The third kappa shape index (κ3) is 1.96. The summed E-state index contributed by atoms with van der Waals surface area (Å²) >= 11 is 0. The predicted molar refractivity (Wildman–Crippen MR) is 41.9 cm³/mol. The SMILES string of the molecule is C[C@H]1CC(CO)C[C@H](C)N1. The van der Waals surface area contributed by atoms with Gasteiger partial charge in [0.2, 0.25) is 0 Å². The number of hydrogen-bond donors (Lipinski definition) is 2. The van der Waals surface area contributed by atoms with Crippen molar-refractivity contribution in [1.29, 1.82) is 0 Å². The van der Waals surface area contributed by atoms with Gasteiger partial charge in [0.1, 0.15) is 0 Å². The predicted octanol–water partition coefficient (Wildman–Crippen LogP) is 0.755. The molecule has 0 radical (unpaired) electrons. The molecular weight excluding hydrogens is 126 g/mol. The Labute approximate surface area is 62.6 Å². The molecule has 1 heterocycles. The standard InChI is InChI=1S/C8H17NO/c1-6-3-8(5-10)4-7(2)9-6/h6-10H,3-5H2,1-2H3/t6-,7-/m0/s1. The van der Waals surface area contributed by atoms with Gasteiger partial charge >= 0.3 is 0 Å². The Morgan fingerprint density at radius 3 is 2.20 bits per heavy atom. The van der Waals surface area contributed by atoms with Crippen molar-refractivity contribution in [3.05, 3.63) is 0 Å². The molecule has 0 spiro atoms. The molecule has 0 amide bonds. The lowest BCUT2D eigenvalue weighted by Gasteiger charge is -2.31. The average Bonchev–Trinajstić information content (AvgIpc) is 1.85. The summed E-state index contributed by atoms with van der Waals surface area (Å²) in [5.74, 6) is 0.534. The fourth-order valence-corrected chi connectivity index (χ4v) is 1.87. The van der Waals surface area contributed by atoms with E-state index in [9.17, 15) is 0 Å². The molecule has 2 nitrogen and oxygen atoms in total. The van der Waals surface area contributed by atoms with E-state index in [-0.39, 0.29) is 0 Å². The van der Waals surface area contributed by atoms with Crippen LogP contribution in [-0.4, -0.2) is 23.8 Å². The summed E-state index contributed by atoms with van der Waals surface area (Å²) in [5, 5.41) is 12.3. The summed E-state index contributed by atoms with van der Waals surface area (Å²) in [6.45, 7) is 4.72. The van der Waals surface area contributed by atoms with Gasteiger partial charge in [-0.25, -0.2) is 0 Å². The second kappa shape index (κ2) is 3.35. The number of aliphatic hydroxyl groups excluding tert-OH is 1. The lowest BCUT2D eigenvalue weighted by Crippen LogP contribution is -2.43. The zero-order valence-electron chi connectivity index (χ0n) is 6.80. The highest BCUT2D eigenvalue weighted by atomic mass is 16.3. The van der Waals surface area contributed by atoms with Crippen molar-refractivity contribution in [2.24, 2.45) is 5.92 Å². The third-order valence-corrected chi connectivity index (χ3v) is 2.20. The molecule has 0 unspecified atom stereocenters. The van der Waals surface area contributed by atoms with Crippen LogP contribution in [0.1, 0.15) is 26.7 Å². The molecule has 10 heavy (non-hydrogen) atoms. The molecule has 1 aliphatic rings. The highest BCUT2D eigenvalue weighted by Gasteiger charge is 2.21. The van der Waals surface area contributed by atoms with Crippen molar-refractivity contribution >= 4 is 0 Å². The van der Waals surface area contributed by atoms with E-state index < -0.39 is 0 Å². The fraction of sp³-hybridized carbons (Fsp3) is 1.00. The molecule has 1 rings (SSSR count). The Kier molecular flexibility index (Phi) is 2.69. The van der Waals surface area contributed by atoms with Crippen LogP contribution in [0.5, 0.6) is 0 Å². The number of rotatable bonds is 1. The van der Waals surface area contributed by atoms with Crippen LogP contribution in [0.15, 0.2) is 0 Å². The van der Waals surface area contributed by atoms with Crippen LogP contribution in [0, 0.1) is 5.92 Å². The van der Waals surface area contributed by atoms with Crippen molar-refractivity contribution < 1.29 is 5.11 Å². The molecule has 2 atom stereocenters. The van der Waals surface area contributed by atoms with Crippen molar-refractivity contribution in [1.82, 2.24) is 5.32 Å². The Hall–Kier alpha value is -0.0800. The summed E-state index contributed by atoms with van der Waals surface area (Å²) in [6.07, 6.45) is 2.25. The molecule has 1 fully saturated rings. The molecule has 0 aromatic carbocycles. The molecular formula is C8H17NO. The Balaban J connectivity index is 2.35. The maximum Gasteiger partial charge on any atom is 0.0460 e. The first kappa shape index (κ1) is 8.02. The molecule has 60 valence electrons. The molecule has 0 saturated carbocycles. The second-order valence-electron chi connectivity index (χ2n) is 3.49. The maximum atomic E-state index is 8.90. The molecule has 0 aliphatic carbocycles. The van der Waals surface area contributed by atoms with E-state index in [1.807, 2.05) is 0 Å². The normalized spacial score (nSPS) is 41.7. The number of nitrogens with one attached hydrogen (secondary N) is 1. The zero-order chi connectivity index (χ0) is 7.56. The zero-order valence-corrected chi connectivity index (χ0v) is 6.80.